The first-order valence-corrected chi connectivity index (χ1v) is 4.54. The summed E-state index contributed by atoms with van der Waals surface area (Å²) in [5, 5.41) is 2.43. The van der Waals surface area contributed by atoms with Crippen molar-refractivity contribution in [2.45, 2.75) is 26.8 Å². The molecule has 1 atom stereocenters. The van der Waals surface area contributed by atoms with Crippen LogP contribution < -0.4 is 5.32 Å². The maximum Gasteiger partial charge on any atom is 0.407 e. The largest absolute Gasteiger partial charge is 0.467 e. The van der Waals surface area contributed by atoms with Crippen LogP contribution in [0.1, 0.15) is 20.8 Å². The molecule has 1 amide bonds. The second-order valence-corrected chi connectivity index (χ2v) is 3.11. The molecule has 0 radical (unpaired) electrons. The molecule has 1 N–H and O–H groups in total. The molecule has 0 aromatic rings. The number of carbonyl (C=O) groups is 2. The van der Waals surface area contributed by atoms with Crippen molar-refractivity contribution < 1.29 is 19.1 Å². The number of methoxy groups -OCH3 is 1. The maximum atomic E-state index is 11.2. The van der Waals surface area contributed by atoms with Gasteiger partial charge in [-0.25, -0.2) is 9.59 Å². The van der Waals surface area contributed by atoms with E-state index in [9.17, 15) is 9.59 Å². The molecule has 0 spiro atoms. The van der Waals surface area contributed by atoms with Crippen molar-refractivity contribution in [3.05, 3.63) is 0 Å². The van der Waals surface area contributed by atoms with Gasteiger partial charge in [0.15, 0.2) is 0 Å². The summed E-state index contributed by atoms with van der Waals surface area (Å²) < 4.78 is 9.20. The summed E-state index contributed by atoms with van der Waals surface area (Å²) in [7, 11) is 1.28. The first-order chi connectivity index (χ1) is 6.52. The van der Waals surface area contributed by atoms with Gasteiger partial charge in [-0.15, -0.1) is 0 Å². The average Bonchev–Trinajstić information content (AvgIpc) is 2.13. The van der Waals surface area contributed by atoms with E-state index in [1.54, 1.807) is 6.92 Å². The minimum atomic E-state index is -0.654. The molecule has 0 bridgehead atoms. The van der Waals surface area contributed by atoms with Crippen LogP contribution in [0.25, 0.3) is 0 Å². The summed E-state index contributed by atoms with van der Waals surface area (Å²) in [4.78, 5) is 22.2. The molecule has 0 aliphatic rings. The van der Waals surface area contributed by atoms with Gasteiger partial charge in [0.1, 0.15) is 6.04 Å². The van der Waals surface area contributed by atoms with Gasteiger partial charge in [-0.1, -0.05) is 13.8 Å². The quantitative estimate of drug-likeness (QED) is 0.690. The van der Waals surface area contributed by atoms with Gasteiger partial charge in [-0.05, 0) is 12.8 Å². The lowest BCUT2D eigenvalue weighted by Gasteiger charge is -2.19. The van der Waals surface area contributed by atoms with E-state index in [1.807, 2.05) is 13.8 Å². The fraction of sp³-hybridized carbons (Fsp3) is 0.778. The van der Waals surface area contributed by atoms with Crippen LogP contribution in [0, 0.1) is 5.92 Å². The Kier molecular flexibility index (Phi) is 5.67. The molecular formula is C9H17NO4. The van der Waals surface area contributed by atoms with Gasteiger partial charge < -0.3 is 14.8 Å². The zero-order valence-corrected chi connectivity index (χ0v) is 8.99. The lowest BCUT2D eigenvalue weighted by molar-refractivity contribution is -0.144. The van der Waals surface area contributed by atoms with Gasteiger partial charge in [0.2, 0.25) is 0 Å². The van der Waals surface area contributed by atoms with Crippen molar-refractivity contribution in [1.82, 2.24) is 5.32 Å². The Hall–Kier alpha value is -1.26. The fourth-order valence-electron chi connectivity index (χ4n) is 0.924. The highest BCUT2D eigenvalue weighted by atomic mass is 16.6. The van der Waals surface area contributed by atoms with Crippen LogP contribution in [0.3, 0.4) is 0 Å². The number of carbonyl (C=O) groups excluding carboxylic acids is 2. The average molecular weight is 203 g/mol. The number of alkyl carbamates (subject to hydrolysis) is 1. The number of hydrogen-bond donors (Lipinski definition) is 1. The Morgan fingerprint density at radius 2 is 1.93 bits per heavy atom. The maximum absolute atomic E-state index is 11.2. The summed E-state index contributed by atoms with van der Waals surface area (Å²) in [5.74, 6) is -0.500. The van der Waals surface area contributed by atoms with Gasteiger partial charge in [-0.3, -0.25) is 0 Å². The van der Waals surface area contributed by atoms with Crippen LogP contribution in [0.4, 0.5) is 4.79 Å². The number of nitrogens with one attached hydrogen (secondary N) is 1. The summed E-state index contributed by atoms with van der Waals surface area (Å²) in [5.41, 5.74) is 0. The van der Waals surface area contributed by atoms with Crippen LogP contribution in [0.15, 0.2) is 0 Å². The van der Waals surface area contributed by atoms with Gasteiger partial charge >= 0.3 is 12.1 Å². The van der Waals surface area contributed by atoms with Gasteiger partial charge in [0.25, 0.3) is 0 Å². The van der Waals surface area contributed by atoms with Crippen molar-refractivity contribution in [1.29, 1.82) is 0 Å². The summed E-state index contributed by atoms with van der Waals surface area (Å²) in [6.45, 7) is 5.60. The molecule has 0 saturated carbocycles. The second kappa shape index (κ2) is 6.23. The Morgan fingerprint density at radius 3 is 2.29 bits per heavy atom. The Bertz CT molecular complexity index is 203. The highest BCUT2D eigenvalue weighted by molar-refractivity contribution is 5.81. The molecule has 0 aromatic heterocycles. The predicted octanol–water partition coefficient (Wildman–Crippen LogP) is 0.930. The van der Waals surface area contributed by atoms with Crippen molar-refractivity contribution in [2.24, 2.45) is 5.92 Å². The second-order valence-electron chi connectivity index (χ2n) is 3.11. The lowest BCUT2D eigenvalue weighted by Crippen LogP contribution is -2.45. The molecule has 5 heteroatoms. The zero-order valence-electron chi connectivity index (χ0n) is 8.99. The first kappa shape index (κ1) is 12.7. The molecule has 0 aliphatic heterocycles. The predicted molar refractivity (Wildman–Crippen MR) is 50.8 cm³/mol. The zero-order chi connectivity index (χ0) is 11.1. The third-order valence-electron chi connectivity index (χ3n) is 1.67. The van der Waals surface area contributed by atoms with Crippen LogP contribution >= 0.6 is 0 Å². The molecule has 82 valence electrons. The van der Waals surface area contributed by atoms with Crippen molar-refractivity contribution in [2.75, 3.05) is 13.7 Å². The van der Waals surface area contributed by atoms with Crippen LogP contribution in [-0.2, 0) is 14.3 Å². The Balaban J connectivity index is 4.23. The number of ether oxygens (including phenoxy) is 2. The van der Waals surface area contributed by atoms with E-state index in [-0.39, 0.29) is 12.5 Å². The minimum absolute atomic E-state index is 0.0353. The normalized spacial score (nSPS) is 12.1. The monoisotopic (exact) mass is 203 g/mol. The van der Waals surface area contributed by atoms with Crippen molar-refractivity contribution in [3.8, 4) is 0 Å². The van der Waals surface area contributed by atoms with E-state index in [1.165, 1.54) is 7.11 Å². The third-order valence-corrected chi connectivity index (χ3v) is 1.67. The fourth-order valence-corrected chi connectivity index (χ4v) is 0.924. The number of amides is 1. The Labute approximate surface area is 83.8 Å². The van der Waals surface area contributed by atoms with E-state index in [0.29, 0.717) is 0 Å². The lowest BCUT2D eigenvalue weighted by atomic mass is 10.1. The van der Waals surface area contributed by atoms with Crippen LogP contribution in [0.5, 0.6) is 0 Å². The molecule has 5 nitrogen and oxygen atoms in total. The van der Waals surface area contributed by atoms with Crippen LogP contribution in [-0.4, -0.2) is 31.8 Å². The smallest absolute Gasteiger partial charge is 0.407 e. The Morgan fingerprint density at radius 1 is 1.36 bits per heavy atom. The van der Waals surface area contributed by atoms with Crippen molar-refractivity contribution in [3.63, 3.8) is 0 Å². The number of rotatable bonds is 4. The summed E-state index contributed by atoms with van der Waals surface area (Å²) in [6.07, 6.45) is -0.600. The molecule has 0 fully saturated rings. The van der Waals surface area contributed by atoms with E-state index in [2.05, 4.69) is 14.8 Å². The molecule has 1 unspecified atom stereocenters. The molecule has 0 rings (SSSR count). The van der Waals surface area contributed by atoms with E-state index in [0.717, 1.165) is 0 Å². The van der Waals surface area contributed by atoms with Gasteiger partial charge in [0.05, 0.1) is 13.7 Å². The first-order valence-electron chi connectivity index (χ1n) is 4.54. The minimum Gasteiger partial charge on any atom is -0.467 e. The SMILES string of the molecule is CCOC(=O)NC(C(=O)OC)C(C)C. The van der Waals surface area contributed by atoms with E-state index >= 15 is 0 Å². The molecule has 0 saturated heterocycles. The van der Waals surface area contributed by atoms with Gasteiger partial charge in [0, 0.05) is 0 Å². The molecule has 0 aromatic carbocycles. The van der Waals surface area contributed by atoms with Crippen LogP contribution in [0.2, 0.25) is 0 Å². The molecule has 0 aliphatic carbocycles. The molecular weight excluding hydrogens is 186 g/mol. The van der Waals surface area contributed by atoms with E-state index < -0.39 is 18.1 Å². The number of hydrogen-bond acceptors (Lipinski definition) is 4. The van der Waals surface area contributed by atoms with E-state index in [4.69, 9.17) is 0 Å². The third kappa shape index (κ3) is 4.11. The highest BCUT2D eigenvalue weighted by Gasteiger charge is 2.25. The highest BCUT2D eigenvalue weighted by Crippen LogP contribution is 2.03. The topological polar surface area (TPSA) is 64.6 Å². The number of esters is 1. The van der Waals surface area contributed by atoms with Gasteiger partial charge in [-0.2, -0.15) is 0 Å². The summed E-state index contributed by atoms with van der Waals surface area (Å²) in [6, 6.07) is -0.654. The summed E-state index contributed by atoms with van der Waals surface area (Å²) >= 11 is 0. The standard InChI is InChI=1S/C9H17NO4/c1-5-14-9(12)10-7(6(2)3)8(11)13-4/h6-7H,5H2,1-4H3,(H,10,12). The van der Waals surface area contributed by atoms with Crippen molar-refractivity contribution >= 4 is 12.1 Å². The molecule has 14 heavy (non-hydrogen) atoms. The molecule has 0 heterocycles.